The lowest BCUT2D eigenvalue weighted by molar-refractivity contribution is -0.143. The second-order valence-corrected chi connectivity index (χ2v) is 8.39. The van der Waals surface area contributed by atoms with Crippen LogP contribution in [0.4, 0.5) is 0 Å². The lowest BCUT2D eigenvalue weighted by Crippen LogP contribution is -2.59. The molecule has 35 heavy (non-hydrogen) atoms. The second kappa shape index (κ2) is 14.0. The zero-order valence-corrected chi connectivity index (χ0v) is 19.9. The molecule has 0 fully saturated rings. The van der Waals surface area contributed by atoms with Gasteiger partial charge < -0.3 is 37.0 Å². The van der Waals surface area contributed by atoms with Crippen LogP contribution in [-0.2, 0) is 30.4 Å². The van der Waals surface area contributed by atoms with Crippen LogP contribution in [0, 0.1) is 5.92 Å². The van der Waals surface area contributed by atoms with Crippen LogP contribution in [0.25, 0.3) is 0 Å². The summed E-state index contributed by atoms with van der Waals surface area (Å²) in [5, 5.41) is 35.3. The van der Waals surface area contributed by atoms with Gasteiger partial charge in [0.15, 0.2) is 0 Å². The minimum atomic E-state index is -1.58. The summed E-state index contributed by atoms with van der Waals surface area (Å²) in [6, 6.07) is 3.21. The van der Waals surface area contributed by atoms with E-state index in [-0.39, 0.29) is 6.42 Å². The van der Waals surface area contributed by atoms with Crippen LogP contribution in [0.2, 0.25) is 0 Å². The molecule has 0 aliphatic heterocycles. The molecular formula is C23H34N4O8. The summed E-state index contributed by atoms with van der Waals surface area (Å²) in [6.45, 7) is 4.67. The number of nitrogens with two attached hydrogens (primary N) is 1. The van der Waals surface area contributed by atoms with E-state index in [9.17, 15) is 34.2 Å². The fraction of sp³-hybridized carbons (Fsp3) is 0.522. The Morgan fingerprint density at radius 2 is 1.46 bits per heavy atom. The fourth-order valence-electron chi connectivity index (χ4n) is 3.14. The molecule has 12 nitrogen and oxygen atoms in total. The maximum atomic E-state index is 13.0. The van der Waals surface area contributed by atoms with Gasteiger partial charge in [-0.2, -0.15) is 0 Å². The zero-order valence-electron chi connectivity index (χ0n) is 19.9. The van der Waals surface area contributed by atoms with Crippen molar-refractivity contribution >= 4 is 29.7 Å². The smallest absolute Gasteiger partial charge is 0.326 e. The van der Waals surface area contributed by atoms with E-state index in [1.165, 1.54) is 6.92 Å². The second-order valence-electron chi connectivity index (χ2n) is 8.39. The summed E-state index contributed by atoms with van der Waals surface area (Å²) >= 11 is 0. The van der Waals surface area contributed by atoms with Gasteiger partial charge in [-0.1, -0.05) is 50.6 Å². The number of hydrogen-bond donors (Lipinski definition) is 7. The van der Waals surface area contributed by atoms with Crippen molar-refractivity contribution in [3.05, 3.63) is 35.9 Å². The van der Waals surface area contributed by atoms with Gasteiger partial charge >= 0.3 is 11.9 Å². The van der Waals surface area contributed by atoms with Gasteiger partial charge in [-0.15, -0.1) is 0 Å². The summed E-state index contributed by atoms with van der Waals surface area (Å²) < 4.78 is 0. The van der Waals surface area contributed by atoms with Crippen LogP contribution >= 0.6 is 0 Å². The van der Waals surface area contributed by atoms with E-state index >= 15 is 0 Å². The number of carbonyl (C=O) groups excluding carboxylic acids is 3. The Balaban J connectivity index is 3.04. The fourth-order valence-corrected chi connectivity index (χ4v) is 3.14. The molecule has 0 aliphatic carbocycles. The van der Waals surface area contributed by atoms with Crippen molar-refractivity contribution in [2.75, 3.05) is 0 Å². The lowest BCUT2D eigenvalue weighted by Gasteiger charge is -2.28. The zero-order chi connectivity index (χ0) is 26.7. The van der Waals surface area contributed by atoms with Crippen molar-refractivity contribution in [3.63, 3.8) is 0 Å². The maximum Gasteiger partial charge on any atom is 0.326 e. The summed E-state index contributed by atoms with van der Waals surface area (Å²) in [4.78, 5) is 61.0. The number of amides is 3. The molecule has 0 heterocycles. The van der Waals surface area contributed by atoms with Crippen molar-refractivity contribution in [2.24, 2.45) is 11.7 Å². The molecule has 0 radical (unpaired) electrons. The summed E-state index contributed by atoms with van der Waals surface area (Å²) in [6.07, 6.45) is -1.61. The molecule has 0 bridgehead atoms. The Labute approximate surface area is 203 Å². The van der Waals surface area contributed by atoms with Gasteiger partial charge in [0, 0.05) is 6.42 Å². The topological polar surface area (TPSA) is 208 Å². The number of aliphatic carboxylic acids is 2. The predicted octanol–water partition coefficient (Wildman–Crippen LogP) is -1.00. The van der Waals surface area contributed by atoms with Crippen LogP contribution in [0.15, 0.2) is 30.3 Å². The molecule has 0 spiro atoms. The highest BCUT2D eigenvalue weighted by atomic mass is 16.4. The highest BCUT2D eigenvalue weighted by Crippen LogP contribution is 2.11. The molecule has 1 rings (SSSR count). The van der Waals surface area contributed by atoms with Crippen molar-refractivity contribution in [1.82, 2.24) is 16.0 Å². The number of rotatable bonds is 14. The number of benzene rings is 1. The molecular weight excluding hydrogens is 460 g/mol. The Kier molecular flexibility index (Phi) is 11.8. The third-order valence-corrected chi connectivity index (χ3v) is 5.52. The average molecular weight is 495 g/mol. The maximum absolute atomic E-state index is 13.0. The largest absolute Gasteiger partial charge is 0.481 e. The average Bonchev–Trinajstić information content (AvgIpc) is 2.80. The van der Waals surface area contributed by atoms with Crippen molar-refractivity contribution in [1.29, 1.82) is 0 Å². The van der Waals surface area contributed by atoms with Gasteiger partial charge in [0.25, 0.3) is 0 Å². The monoisotopic (exact) mass is 494 g/mol. The van der Waals surface area contributed by atoms with Crippen LogP contribution in [-0.4, -0.2) is 75.3 Å². The molecule has 0 aliphatic rings. The molecule has 1 aromatic carbocycles. The van der Waals surface area contributed by atoms with E-state index < -0.39 is 72.3 Å². The number of carboxylic acid groups (broad SMARTS) is 2. The lowest BCUT2D eigenvalue weighted by atomic mass is 9.96. The molecule has 0 aromatic heterocycles. The summed E-state index contributed by atoms with van der Waals surface area (Å²) in [7, 11) is 0. The first-order chi connectivity index (χ1) is 16.4. The van der Waals surface area contributed by atoms with E-state index in [4.69, 9.17) is 10.8 Å². The Morgan fingerprint density at radius 1 is 0.886 bits per heavy atom. The molecule has 12 heteroatoms. The van der Waals surface area contributed by atoms with Gasteiger partial charge in [-0.3, -0.25) is 19.2 Å². The van der Waals surface area contributed by atoms with Gasteiger partial charge in [0.1, 0.15) is 24.2 Å². The predicted molar refractivity (Wildman–Crippen MR) is 125 cm³/mol. The number of carbonyl (C=O) groups is 5. The van der Waals surface area contributed by atoms with Gasteiger partial charge in [-0.25, -0.2) is 4.79 Å². The van der Waals surface area contributed by atoms with Crippen LogP contribution < -0.4 is 21.7 Å². The molecule has 6 atom stereocenters. The van der Waals surface area contributed by atoms with Gasteiger partial charge in [0.05, 0.1) is 12.5 Å². The van der Waals surface area contributed by atoms with E-state index in [1.807, 2.05) is 0 Å². The minimum absolute atomic E-state index is 0.0119. The molecule has 0 saturated carbocycles. The number of hydrogen-bond acceptors (Lipinski definition) is 7. The Hall–Kier alpha value is -3.51. The van der Waals surface area contributed by atoms with E-state index in [0.717, 1.165) is 0 Å². The molecule has 1 aromatic rings. The number of aliphatic hydroxyl groups is 1. The highest BCUT2D eigenvalue weighted by Gasteiger charge is 2.34. The molecule has 3 amide bonds. The van der Waals surface area contributed by atoms with Gasteiger partial charge in [-0.05, 0) is 18.4 Å². The first-order valence-electron chi connectivity index (χ1n) is 11.2. The number of carboxylic acids is 2. The van der Waals surface area contributed by atoms with Gasteiger partial charge in [0.2, 0.25) is 17.7 Å². The van der Waals surface area contributed by atoms with Crippen LogP contribution in [0.5, 0.6) is 0 Å². The quantitative estimate of drug-likeness (QED) is 0.169. The minimum Gasteiger partial charge on any atom is -0.481 e. The van der Waals surface area contributed by atoms with Crippen molar-refractivity contribution in [2.45, 2.75) is 70.3 Å². The third-order valence-electron chi connectivity index (χ3n) is 5.52. The van der Waals surface area contributed by atoms with E-state index in [2.05, 4.69) is 16.0 Å². The van der Waals surface area contributed by atoms with Crippen LogP contribution in [0.1, 0.15) is 39.2 Å². The number of aliphatic hydroxyl groups excluding tert-OH is 1. The van der Waals surface area contributed by atoms with Crippen molar-refractivity contribution in [3.8, 4) is 0 Å². The number of nitrogens with one attached hydrogen (secondary N) is 3. The third kappa shape index (κ3) is 9.71. The van der Waals surface area contributed by atoms with E-state index in [1.54, 1.807) is 44.2 Å². The first-order valence-corrected chi connectivity index (χ1v) is 11.2. The normalized spacial score (nSPS) is 16.0. The summed E-state index contributed by atoms with van der Waals surface area (Å²) in [5.41, 5.74) is 6.23. The molecule has 0 saturated heterocycles. The van der Waals surface area contributed by atoms with Crippen molar-refractivity contribution < 1.29 is 39.3 Å². The standard InChI is InChI=1S/C23H34N4O8/c1-4-12(2)19(22(33)26-16(23(34)35)10-14-8-6-5-7-9-14)27-20(31)15(11-17(29)30)25-21(32)18(24)13(3)28/h5-9,12-13,15-16,18-19,28H,4,10-11,24H2,1-3H3,(H,25,32)(H,26,33)(H,27,31)(H,29,30)(H,34,35). The Bertz CT molecular complexity index is 893. The molecule has 194 valence electrons. The highest BCUT2D eigenvalue weighted by molar-refractivity contribution is 5.95. The van der Waals surface area contributed by atoms with E-state index in [0.29, 0.717) is 12.0 Å². The SMILES string of the molecule is CCC(C)C(NC(=O)C(CC(=O)O)NC(=O)C(N)C(C)O)C(=O)NC(Cc1ccccc1)C(=O)O. The molecule has 8 N–H and O–H groups in total. The molecule has 6 unspecified atom stereocenters. The first kappa shape index (κ1) is 29.5. The van der Waals surface area contributed by atoms with Crippen LogP contribution in [0.3, 0.4) is 0 Å². The Morgan fingerprint density at radius 3 is 1.94 bits per heavy atom. The summed E-state index contributed by atoms with van der Waals surface area (Å²) in [5.74, 6) is -5.79.